The first kappa shape index (κ1) is 11.4. The van der Waals surface area contributed by atoms with Crippen molar-refractivity contribution in [3.05, 3.63) is 29.8 Å². The van der Waals surface area contributed by atoms with Gasteiger partial charge in [0, 0.05) is 6.04 Å². The van der Waals surface area contributed by atoms with E-state index in [4.69, 9.17) is 4.74 Å². The molecule has 0 bridgehead atoms. The van der Waals surface area contributed by atoms with Gasteiger partial charge in [0.05, 0.1) is 13.2 Å². The van der Waals surface area contributed by atoms with Gasteiger partial charge < -0.3 is 15.2 Å². The second kappa shape index (κ2) is 5.32. The number of aliphatic hydroxyl groups is 1. The average Bonchev–Trinajstić information content (AvgIpc) is 2.39. The van der Waals surface area contributed by atoms with Gasteiger partial charge >= 0.3 is 0 Å². The molecule has 1 aromatic rings. The molecule has 2 atom stereocenters. The Morgan fingerprint density at radius 3 is 2.62 bits per heavy atom. The van der Waals surface area contributed by atoms with Gasteiger partial charge in [0.25, 0.3) is 0 Å². The monoisotopic (exact) mass is 221 g/mol. The van der Waals surface area contributed by atoms with Crippen LogP contribution in [0.5, 0.6) is 5.75 Å². The van der Waals surface area contributed by atoms with Gasteiger partial charge in [-0.3, -0.25) is 0 Å². The van der Waals surface area contributed by atoms with E-state index in [1.807, 2.05) is 24.3 Å². The smallest absolute Gasteiger partial charge is 0.118 e. The molecule has 88 valence electrons. The maximum Gasteiger partial charge on any atom is 0.118 e. The standard InChI is InChI=1S/C13H19NO2/c1-16-11-7-5-10(6-8-11)13(15)12-4-2-3-9-14-12/h5-8,12-15H,2-4,9H2,1H3/t12-,13+/m0/s1. The Hall–Kier alpha value is -1.06. The summed E-state index contributed by atoms with van der Waals surface area (Å²) in [4.78, 5) is 0. The summed E-state index contributed by atoms with van der Waals surface area (Å²) in [5.41, 5.74) is 0.959. The highest BCUT2D eigenvalue weighted by molar-refractivity contribution is 5.29. The number of hydrogen-bond acceptors (Lipinski definition) is 3. The molecule has 3 heteroatoms. The zero-order chi connectivity index (χ0) is 11.4. The number of aliphatic hydroxyl groups excluding tert-OH is 1. The van der Waals surface area contributed by atoms with Crippen molar-refractivity contribution in [1.29, 1.82) is 0 Å². The fourth-order valence-corrected chi connectivity index (χ4v) is 2.18. The van der Waals surface area contributed by atoms with Crippen LogP contribution in [0.3, 0.4) is 0 Å². The van der Waals surface area contributed by atoms with Crippen LogP contribution in [-0.2, 0) is 0 Å². The minimum Gasteiger partial charge on any atom is -0.497 e. The van der Waals surface area contributed by atoms with E-state index in [0.29, 0.717) is 0 Å². The summed E-state index contributed by atoms with van der Waals surface area (Å²) in [6, 6.07) is 7.84. The molecule has 0 aromatic heterocycles. The van der Waals surface area contributed by atoms with E-state index in [1.54, 1.807) is 7.11 Å². The molecule has 0 radical (unpaired) electrons. The van der Waals surface area contributed by atoms with Gasteiger partial charge in [0.2, 0.25) is 0 Å². The van der Waals surface area contributed by atoms with Gasteiger partial charge in [-0.15, -0.1) is 0 Å². The first-order valence-electron chi connectivity index (χ1n) is 5.86. The van der Waals surface area contributed by atoms with Crippen LogP contribution in [0.1, 0.15) is 30.9 Å². The van der Waals surface area contributed by atoms with E-state index >= 15 is 0 Å². The third kappa shape index (κ3) is 2.54. The van der Waals surface area contributed by atoms with Crippen LogP contribution in [0.25, 0.3) is 0 Å². The second-order valence-electron chi connectivity index (χ2n) is 4.27. The van der Waals surface area contributed by atoms with Crippen LogP contribution >= 0.6 is 0 Å². The fraction of sp³-hybridized carbons (Fsp3) is 0.538. The van der Waals surface area contributed by atoms with Crippen molar-refractivity contribution in [2.24, 2.45) is 0 Å². The predicted molar refractivity (Wildman–Crippen MR) is 63.6 cm³/mol. The van der Waals surface area contributed by atoms with Crippen molar-refractivity contribution in [3.8, 4) is 5.75 Å². The van der Waals surface area contributed by atoms with Crippen molar-refractivity contribution in [1.82, 2.24) is 5.32 Å². The molecule has 1 aliphatic heterocycles. The number of piperidine rings is 1. The Kier molecular flexibility index (Phi) is 3.80. The molecule has 1 aromatic carbocycles. The molecule has 3 nitrogen and oxygen atoms in total. The van der Waals surface area contributed by atoms with Gasteiger partial charge in [-0.2, -0.15) is 0 Å². The summed E-state index contributed by atoms with van der Waals surface area (Å²) in [6.07, 6.45) is 3.05. The normalized spacial score (nSPS) is 22.8. The largest absolute Gasteiger partial charge is 0.497 e. The van der Waals surface area contributed by atoms with E-state index in [0.717, 1.165) is 24.3 Å². The minimum atomic E-state index is -0.411. The summed E-state index contributed by atoms with van der Waals surface area (Å²) in [5.74, 6) is 0.826. The highest BCUT2D eigenvalue weighted by atomic mass is 16.5. The lowest BCUT2D eigenvalue weighted by Gasteiger charge is -2.28. The molecule has 1 heterocycles. The number of benzene rings is 1. The third-order valence-corrected chi connectivity index (χ3v) is 3.19. The van der Waals surface area contributed by atoms with Crippen LogP contribution in [0.2, 0.25) is 0 Å². The molecule has 0 unspecified atom stereocenters. The molecule has 0 saturated carbocycles. The van der Waals surface area contributed by atoms with E-state index in [-0.39, 0.29) is 6.04 Å². The van der Waals surface area contributed by atoms with Crippen molar-refractivity contribution < 1.29 is 9.84 Å². The van der Waals surface area contributed by atoms with Crippen LogP contribution in [0.4, 0.5) is 0 Å². The van der Waals surface area contributed by atoms with Crippen LogP contribution < -0.4 is 10.1 Å². The lowest BCUT2D eigenvalue weighted by atomic mass is 9.95. The topological polar surface area (TPSA) is 41.5 Å². The molecule has 1 saturated heterocycles. The van der Waals surface area contributed by atoms with Crippen molar-refractivity contribution in [2.45, 2.75) is 31.4 Å². The minimum absolute atomic E-state index is 0.196. The predicted octanol–water partition coefficient (Wildman–Crippen LogP) is 1.87. The average molecular weight is 221 g/mol. The fourth-order valence-electron chi connectivity index (χ4n) is 2.18. The molecular weight excluding hydrogens is 202 g/mol. The number of methoxy groups -OCH3 is 1. The van der Waals surface area contributed by atoms with Crippen molar-refractivity contribution in [3.63, 3.8) is 0 Å². The quantitative estimate of drug-likeness (QED) is 0.818. The van der Waals surface area contributed by atoms with E-state index in [9.17, 15) is 5.11 Å². The Bertz CT molecular complexity index is 317. The molecule has 16 heavy (non-hydrogen) atoms. The molecule has 1 fully saturated rings. The van der Waals surface area contributed by atoms with Gasteiger partial charge in [-0.05, 0) is 37.1 Å². The lowest BCUT2D eigenvalue weighted by molar-refractivity contribution is 0.114. The number of ether oxygens (including phenoxy) is 1. The summed E-state index contributed by atoms with van der Waals surface area (Å²) >= 11 is 0. The molecule has 0 aliphatic carbocycles. The molecule has 1 aliphatic rings. The second-order valence-corrected chi connectivity index (χ2v) is 4.27. The van der Waals surface area contributed by atoms with Gasteiger partial charge in [0.15, 0.2) is 0 Å². The molecule has 0 spiro atoms. The van der Waals surface area contributed by atoms with Crippen LogP contribution in [-0.4, -0.2) is 24.8 Å². The Morgan fingerprint density at radius 1 is 1.31 bits per heavy atom. The summed E-state index contributed by atoms with van der Waals surface area (Å²) in [6.45, 7) is 1.01. The lowest BCUT2D eigenvalue weighted by Crippen LogP contribution is -2.38. The highest BCUT2D eigenvalue weighted by Crippen LogP contribution is 2.24. The van der Waals surface area contributed by atoms with Crippen LogP contribution in [0, 0.1) is 0 Å². The van der Waals surface area contributed by atoms with E-state index < -0.39 is 6.10 Å². The molecule has 2 N–H and O–H groups in total. The maximum absolute atomic E-state index is 10.2. The first-order valence-corrected chi connectivity index (χ1v) is 5.86. The summed E-state index contributed by atoms with van der Waals surface area (Å²) in [7, 11) is 1.65. The van der Waals surface area contributed by atoms with Gasteiger partial charge in [-0.1, -0.05) is 18.6 Å². The molecule has 0 amide bonds. The van der Waals surface area contributed by atoms with Crippen molar-refractivity contribution in [2.75, 3.05) is 13.7 Å². The summed E-state index contributed by atoms with van der Waals surface area (Å²) in [5, 5.41) is 13.6. The number of rotatable bonds is 3. The third-order valence-electron chi connectivity index (χ3n) is 3.19. The van der Waals surface area contributed by atoms with Gasteiger partial charge in [0.1, 0.15) is 5.75 Å². The Morgan fingerprint density at radius 2 is 2.06 bits per heavy atom. The summed E-state index contributed by atoms with van der Waals surface area (Å²) < 4.78 is 5.10. The molecular formula is C13H19NO2. The van der Waals surface area contributed by atoms with E-state index in [1.165, 1.54) is 12.8 Å². The number of hydrogen-bond donors (Lipinski definition) is 2. The first-order chi connectivity index (χ1) is 7.81. The van der Waals surface area contributed by atoms with E-state index in [2.05, 4.69) is 5.32 Å². The van der Waals surface area contributed by atoms with Crippen molar-refractivity contribution >= 4 is 0 Å². The SMILES string of the molecule is COc1ccc([C@@H](O)[C@@H]2CCCCN2)cc1. The Balaban J connectivity index is 2.04. The maximum atomic E-state index is 10.2. The van der Waals surface area contributed by atoms with Gasteiger partial charge in [-0.25, -0.2) is 0 Å². The Labute approximate surface area is 96.4 Å². The zero-order valence-electron chi connectivity index (χ0n) is 9.65. The van der Waals surface area contributed by atoms with Crippen LogP contribution in [0.15, 0.2) is 24.3 Å². The number of nitrogens with one attached hydrogen (secondary N) is 1. The molecule has 2 rings (SSSR count). The highest BCUT2D eigenvalue weighted by Gasteiger charge is 2.22. The zero-order valence-corrected chi connectivity index (χ0v) is 9.65.